The molecule has 0 saturated carbocycles. The van der Waals surface area contributed by atoms with Gasteiger partial charge in [-0.25, -0.2) is 4.57 Å². The lowest BCUT2D eigenvalue weighted by Crippen LogP contribution is -2.10. The third kappa shape index (κ3) is 5.86. The van der Waals surface area contributed by atoms with Crippen LogP contribution in [-0.4, -0.2) is 12.4 Å². The van der Waals surface area contributed by atoms with E-state index in [1.54, 1.807) is 13.0 Å². The largest absolute Gasteiger partial charge is 0.440 e. The van der Waals surface area contributed by atoms with Gasteiger partial charge >= 0.3 is 6.80 Å². The van der Waals surface area contributed by atoms with Crippen LogP contribution in [0.4, 0.5) is 0 Å². The summed E-state index contributed by atoms with van der Waals surface area (Å²) in [4.78, 5) is 0. The van der Waals surface area contributed by atoms with E-state index in [1.165, 1.54) is 11.4 Å². The molecule has 0 fully saturated rings. The molecule has 1 atom stereocenters. The molecule has 1 aromatic carbocycles. The van der Waals surface area contributed by atoms with Crippen molar-refractivity contribution in [3.8, 4) is 5.75 Å². The predicted molar refractivity (Wildman–Crippen MR) is 92.8 cm³/mol. The smallest absolute Gasteiger partial charge is 0.415 e. The lowest BCUT2D eigenvalue weighted by atomic mass is 9.87. The molecule has 0 N–H and O–H groups in total. The van der Waals surface area contributed by atoms with Crippen LogP contribution in [0.3, 0.4) is 0 Å². The average molecular weight is 351 g/mol. The van der Waals surface area contributed by atoms with Gasteiger partial charge in [0.1, 0.15) is 5.75 Å². The summed E-state index contributed by atoms with van der Waals surface area (Å²) in [6.07, 6.45) is 0.905. The Labute approximate surface area is 137 Å². The van der Waals surface area contributed by atoms with E-state index in [0.29, 0.717) is 17.4 Å². The first-order chi connectivity index (χ1) is 9.72. The molecule has 6 heteroatoms. The summed E-state index contributed by atoms with van der Waals surface area (Å²) in [5.41, 5.74) is 1.11. The number of benzene rings is 1. The van der Waals surface area contributed by atoms with Crippen LogP contribution >= 0.6 is 29.8 Å². The molecule has 1 aromatic rings. The summed E-state index contributed by atoms with van der Waals surface area (Å²) >= 11 is 7.48. The maximum Gasteiger partial charge on any atom is 0.440 e. The lowest BCUT2D eigenvalue weighted by molar-refractivity contribution is 0.296. The molecular formula is C15H24ClO3PS. The molecule has 0 aromatic heterocycles. The maximum atomic E-state index is 12.6. The molecule has 0 aliphatic rings. The number of halogens is 1. The van der Waals surface area contributed by atoms with Crippen LogP contribution in [-0.2, 0) is 14.5 Å². The van der Waals surface area contributed by atoms with E-state index < -0.39 is 6.80 Å². The van der Waals surface area contributed by atoms with Crippen molar-refractivity contribution in [3.05, 3.63) is 28.8 Å². The Balaban J connectivity index is 2.97. The van der Waals surface area contributed by atoms with Crippen LogP contribution in [0.1, 0.15) is 46.6 Å². The minimum absolute atomic E-state index is 0.00272. The highest BCUT2D eigenvalue weighted by molar-refractivity contribution is 8.55. The summed E-state index contributed by atoms with van der Waals surface area (Å²) in [6.45, 7) is 7.29. The second kappa shape index (κ2) is 7.92. The number of hydrogen-bond donors (Lipinski definition) is 0. The SMILES string of the molecule is CCCSP(=O)(OCC)Oc1ccc(C(C)(C)C)cc1Cl. The lowest BCUT2D eigenvalue weighted by Gasteiger charge is -2.22. The van der Waals surface area contributed by atoms with Gasteiger partial charge in [-0.3, -0.25) is 4.52 Å². The van der Waals surface area contributed by atoms with Gasteiger partial charge in [-0.2, -0.15) is 0 Å². The highest BCUT2D eigenvalue weighted by atomic mass is 35.5. The molecule has 0 spiro atoms. The van der Waals surface area contributed by atoms with Crippen molar-refractivity contribution >= 4 is 29.8 Å². The van der Waals surface area contributed by atoms with Gasteiger partial charge in [0.05, 0.1) is 11.6 Å². The van der Waals surface area contributed by atoms with Crippen LogP contribution in [0.15, 0.2) is 18.2 Å². The van der Waals surface area contributed by atoms with E-state index in [2.05, 4.69) is 20.8 Å². The minimum Gasteiger partial charge on any atom is -0.415 e. The Morgan fingerprint density at radius 1 is 1.29 bits per heavy atom. The summed E-state index contributed by atoms with van der Waals surface area (Å²) in [5.74, 6) is 1.12. The first-order valence-corrected chi connectivity index (χ1v) is 10.6. The standard InChI is InChI=1S/C15H24ClO3PS/c1-6-10-21-20(17,18-7-2)19-14-9-8-12(11-13(14)16)15(3,4)5/h8-9,11H,6-7,10H2,1-5H3. The van der Waals surface area contributed by atoms with Crippen LogP contribution < -0.4 is 4.52 Å². The Bertz CT molecular complexity index is 514. The molecule has 0 bridgehead atoms. The Kier molecular flexibility index (Phi) is 7.12. The van der Waals surface area contributed by atoms with Crippen molar-refractivity contribution in [2.24, 2.45) is 0 Å². The minimum atomic E-state index is -3.21. The van der Waals surface area contributed by atoms with Crippen molar-refractivity contribution in [1.29, 1.82) is 0 Å². The second-order valence-corrected chi connectivity index (χ2v) is 10.2. The third-order valence-corrected chi connectivity index (χ3v) is 6.98. The van der Waals surface area contributed by atoms with Gasteiger partial charge in [0.15, 0.2) is 0 Å². The van der Waals surface area contributed by atoms with Gasteiger partial charge in [0.2, 0.25) is 0 Å². The van der Waals surface area contributed by atoms with Gasteiger partial charge < -0.3 is 4.52 Å². The molecule has 21 heavy (non-hydrogen) atoms. The van der Waals surface area contributed by atoms with Gasteiger partial charge in [-0.1, -0.05) is 45.4 Å². The van der Waals surface area contributed by atoms with E-state index in [0.717, 1.165) is 17.7 Å². The van der Waals surface area contributed by atoms with Crippen LogP contribution in [0.25, 0.3) is 0 Å². The van der Waals surface area contributed by atoms with Crippen molar-refractivity contribution in [2.75, 3.05) is 12.4 Å². The van der Waals surface area contributed by atoms with E-state index in [1.807, 2.05) is 19.1 Å². The van der Waals surface area contributed by atoms with Crippen molar-refractivity contribution in [1.82, 2.24) is 0 Å². The molecule has 0 saturated heterocycles. The molecule has 0 radical (unpaired) electrons. The molecule has 1 unspecified atom stereocenters. The summed E-state index contributed by atoms with van der Waals surface area (Å²) < 4.78 is 23.6. The average Bonchev–Trinajstić information content (AvgIpc) is 2.38. The summed E-state index contributed by atoms with van der Waals surface area (Å²) in [5, 5.41) is 0.458. The zero-order valence-corrected chi connectivity index (χ0v) is 15.8. The van der Waals surface area contributed by atoms with Crippen LogP contribution in [0.2, 0.25) is 5.02 Å². The molecule has 0 heterocycles. The first kappa shape index (κ1) is 18.9. The number of hydrogen-bond acceptors (Lipinski definition) is 4. The third-order valence-electron chi connectivity index (χ3n) is 2.75. The van der Waals surface area contributed by atoms with Crippen molar-refractivity contribution < 1.29 is 13.6 Å². The molecular weight excluding hydrogens is 327 g/mol. The first-order valence-electron chi connectivity index (χ1n) is 7.10. The van der Waals surface area contributed by atoms with E-state index in [4.69, 9.17) is 20.6 Å². The van der Waals surface area contributed by atoms with E-state index >= 15 is 0 Å². The van der Waals surface area contributed by atoms with E-state index in [-0.39, 0.29) is 5.41 Å². The second-order valence-electron chi connectivity index (χ2n) is 5.68. The maximum absolute atomic E-state index is 12.6. The fraction of sp³-hybridized carbons (Fsp3) is 0.600. The molecule has 0 aliphatic carbocycles. The van der Waals surface area contributed by atoms with Crippen LogP contribution in [0.5, 0.6) is 5.75 Å². The summed E-state index contributed by atoms with van der Waals surface area (Å²) in [7, 11) is 0. The fourth-order valence-electron chi connectivity index (χ4n) is 1.61. The molecule has 120 valence electrons. The van der Waals surface area contributed by atoms with Crippen molar-refractivity contribution in [2.45, 2.75) is 46.5 Å². The van der Waals surface area contributed by atoms with Crippen molar-refractivity contribution in [3.63, 3.8) is 0 Å². The monoisotopic (exact) mass is 350 g/mol. The Morgan fingerprint density at radius 2 is 1.95 bits per heavy atom. The Morgan fingerprint density at radius 3 is 2.43 bits per heavy atom. The van der Waals surface area contributed by atoms with Gasteiger partial charge in [0, 0.05) is 5.75 Å². The zero-order chi connectivity index (χ0) is 16.1. The molecule has 0 amide bonds. The zero-order valence-electron chi connectivity index (χ0n) is 13.3. The molecule has 0 aliphatic heterocycles. The molecule has 3 nitrogen and oxygen atoms in total. The fourth-order valence-corrected chi connectivity index (χ4v) is 5.35. The highest BCUT2D eigenvalue weighted by Gasteiger charge is 2.28. The number of rotatable bonds is 7. The molecule has 1 rings (SSSR count). The topological polar surface area (TPSA) is 35.5 Å². The van der Waals surface area contributed by atoms with Gasteiger partial charge in [-0.15, -0.1) is 0 Å². The highest BCUT2D eigenvalue weighted by Crippen LogP contribution is 2.60. The summed E-state index contributed by atoms with van der Waals surface area (Å²) in [6, 6.07) is 5.57. The van der Waals surface area contributed by atoms with Gasteiger partial charge in [-0.05, 0) is 47.8 Å². The normalized spacial score (nSPS) is 14.8. The quantitative estimate of drug-likeness (QED) is 0.540. The predicted octanol–water partition coefficient (Wildman–Crippen LogP) is 6.30. The van der Waals surface area contributed by atoms with Crippen LogP contribution in [0, 0.1) is 0 Å². The Hall–Kier alpha value is -0.150. The van der Waals surface area contributed by atoms with E-state index in [9.17, 15) is 4.57 Å². The van der Waals surface area contributed by atoms with Gasteiger partial charge in [0.25, 0.3) is 0 Å².